The first-order valence-corrected chi connectivity index (χ1v) is 6.78. The van der Waals surface area contributed by atoms with Gasteiger partial charge in [-0.25, -0.2) is 0 Å². The number of hydrogen-bond donors (Lipinski definition) is 1. The normalized spacial score (nSPS) is 13.6. The average Bonchev–Trinajstić information content (AvgIpc) is 2.86. The lowest BCUT2D eigenvalue weighted by Crippen LogP contribution is -1.93. The third-order valence-corrected chi connectivity index (χ3v) is 3.96. The van der Waals surface area contributed by atoms with Crippen molar-refractivity contribution >= 4 is 5.69 Å². The van der Waals surface area contributed by atoms with E-state index in [2.05, 4.69) is 37.3 Å². The number of hydrogen-bond acceptors (Lipinski definition) is 1. The Labute approximate surface area is 109 Å². The van der Waals surface area contributed by atoms with Crippen LogP contribution in [0, 0.1) is 0 Å². The van der Waals surface area contributed by atoms with E-state index in [1.807, 2.05) is 6.07 Å². The molecule has 0 amide bonds. The fraction of sp³-hybridized carbons (Fsp3) is 0.294. The highest BCUT2D eigenvalue weighted by Gasteiger charge is 2.11. The van der Waals surface area contributed by atoms with E-state index in [0.717, 1.165) is 12.1 Å². The summed E-state index contributed by atoms with van der Waals surface area (Å²) in [4.78, 5) is 0. The van der Waals surface area contributed by atoms with Crippen molar-refractivity contribution in [3.63, 3.8) is 0 Å². The minimum absolute atomic E-state index is 0.905. The van der Waals surface area contributed by atoms with Crippen molar-refractivity contribution in [3.8, 4) is 11.1 Å². The highest BCUT2D eigenvalue weighted by atomic mass is 14.6. The second-order valence-corrected chi connectivity index (χ2v) is 5.10. The Hall–Kier alpha value is -1.76. The van der Waals surface area contributed by atoms with Crippen molar-refractivity contribution in [2.24, 2.45) is 0 Å². The molecule has 0 spiro atoms. The summed E-state index contributed by atoms with van der Waals surface area (Å²) in [5.74, 6) is 0. The lowest BCUT2D eigenvalue weighted by molar-refractivity contribution is 0.912. The molecule has 0 heterocycles. The first-order valence-electron chi connectivity index (χ1n) is 6.78. The molecule has 0 aliphatic heterocycles. The summed E-state index contributed by atoms with van der Waals surface area (Å²) in [5, 5.41) is 0. The Balaban J connectivity index is 2.04. The van der Waals surface area contributed by atoms with Crippen LogP contribution in [0.15, 0.2) is 36.4 Å². The van der Waals surface area contributed by atoms with Gasteiger partial charge in [-0.15, -0.1) is 0 Å². The first-order chi connectivity index (χ1) is 8.78. The third kappa shape index (κ3) is 1.90. The van der Waals surface area contributed by atoms with Crippen LogP contribution in [0.1, 0.15) is 30.0 Å². The van der Waals surface area contributed by atoms with E-state index in [1.165, 1.54) is 47.1 Å². The van der Waals surface area contributed by atoms with E-state index >= 15 is 0 Å². The summed E-state index contributed by atoms with van der Waals surface area (Å²) in [6, 6.07) is 13.3. The summed E-state index contributed by atoms with van der Waals surface area (Å²) >= 11 is 0. The highest BCUT2D eigenvalue weighted by Crippen LogP contribution is 2.29. The molecule has 2 N–H and O–H groups in total. The monoisotopic (exact) mass is 237 g/mol. The molecule has 2 aromatic carbocycles. The quantitative estimate of drug-likeness (QED) is 0.785. The Morgan fingerprint density at radius 1 is 0.944 bits per heavy atom. The van der Waals surface area contributed by atoms with E-state index in [4.69, 9.17) is 5.73 Å². The average molecular weight is 237 g/mol. The van der Waals surface area contributed by atoms with Crippen molar-refractivity contribution < 1.29 is 0 Å². The minimum Gasteiger partial charge on any atom is -0.399 e. The van der Waals surface area contributed by atoms with Crippen molar-refractivity contribution in [2.45, 2.75) is 32.6 Å². The van der Waals surface area contributed by atoms with Crippen LogP contribution in [0.4, 0.5) is 5.69 Å². The number of benzene rings is 2. The molecule has 1 nitrogen and oxygen atoms in total. The van der Waals surface area contributed by atoms with Crippen LogP contribution in [0.25, 0.3) is 11.1 Å². The Morgan fingerprint density at radius 2 is 1.67 bits per heavy atom. The molecule has 3 rings (SSSR count). The lowest BCUT2D eigenvalue weighted by Gasteiger charge is -2.09. The number of nitrogens with two attached hydrogens (primary N) is 1. The first kappa shape index (κ1) is 11.3. The number of aryl methyl sites for hydroxylation is 3. The molecule has 18 heavy (non-hydrogen) atoms. The van der Waals surface area contributed by atoms with Crippen LogP contribution in [0.2, 0.25) is 0 Å². The molecule has 0 bridgehead atoms. The standard InChI is InChI=1S/C17H19N/c1-2-12-10-16(8-9-17(12)18)15-7-6-13-4-3-5-14(13)11-15/h6-11H,2-5,18H2,1H3. The molecule has 1 heteroatoms. The van der Waals surface area contributed by atoms with Crippen LogP contribution in [-0.2, 0) is 19.3 Å². The van der Waals surface area contributed by atoms with Gasteiger partial charge in [-0.1, -0.05) is 31.2 Å². The van der Waals surface area contributed by atoms with Gasteiger partial charge in [-0.2, -0.15) is 0 Å². The Kier molecular flexibility index (Phi) is 2.83. The van der Waals surface area contributed by atoms with Crippen molar-refractivity contribution in [1.82, 2.24) is 0 Å². The van der Waals surface area contributed by atoms with Gasteiger partial charge >= 0.3 is 0 Å². The summed E-state index contributed by atoms with van der Waals surface area (Å²) < 4.78 is 0. The topological polar surface area (TPSA) is 26.0 Å². The molecule has 92 valence electrons. The zero-order valence-corrected chi connectivity index (χ0v) is 10.9. The minimum atomic E-state index is 0.905. The second-order valence-electron chi connectivity index (χ2n) is 5.10. The van der Waals surface area contributed by atoms with Crippen molar-refractivity contribution in [3.05, 3.63) is 53.1 Å². The van der Waals surface area contributed by atoms with Gasteiger partial charge in [-0.05, 0) is 65.6 Å². The molecule has 1 aliphatic rings. The molecule has 0 saturated heterocycles. The van der Waals surface area contributed by atoms with Gasteiger partial charge in [0.25, 0.3) is 0 Å². The van der Waals surface area contributed by atoms with E-state index in [0.29, 0.717) is 0 Å². The van der Waals surface area contributed by atoms with Crippen molar-refractivity contribution in [1.29, 1.82) is 0 Å². The van der Waals surface area contributed by atoms with Gasteiger partial charge in [0, 0.05) is 5.69 Å². The van der Waals surface area contributed by atoms with Gasteiger partial charge in [-0.3, -0.25) is 0 Å². The summed E-state index contributed by atoms with van der Waals surface area (Å²) in [6.45, 7) is 2.15. The van der Waals surface area contributed by atoms with Gasteiger partial charge in [0.2, 0.25) is 0 Å². The van der Waals surface area contributed by atoms with E-state index in [1.54, 1.807) is 0 Å². The molecular formula is C17H19N. The molecule has 1 aliphatic carbocycles. The van der Waals surface area contributed by atoms with Gasteiger partial charge in [0.05, 0.1) is 0 Å². The van der Waals surface area contributed by atoms with Gasteiger partial charge < -0.3 is 5.73 Å². The maximum atomic E-state index is 5.97. The van der Waals surface area contributed by atoms with Gasteiger partial charge in [0.1, 0.15) is 0 Å². The molecule has 0 unspecified atom stereocenters. The number of anilines is 1. The SMILES string of the molecule is CCc1cc(-c2ccc3c(c2)CCC3)ccc1N. The molecule has 0 atom stereocenters. The molecule has 0 radical (unpaired) electrons. The number of nitrogen functional groups attached to an aromatic ring is 1. The molecule has 0 saturated carbocycles. The fourth-order valence-electron chi connectivity index (χ4n) is 2.84. The Morgan fingerprint density at radius 3 is 2.50 bits per heavy atom. The molecule has 0 fully saturated rings. The van der Waals surface area contributed by atoms with Crippen LogP contribution < -0.4 is 5.73 Å². The number of rotatable bonds is 2. The maximum Gasteiger partial charge on any atom is 0.0346 e. The van der Waals surface area contributed by atoms with E-state index in [-0.39, 0.29) is 0 Å². The summed E-state index contributed by atoms with van der Waals surface area (Å²) in [7, 11) is 0. The zero-order valence-electron chi connectivity index (χ0n) is 10.9. The molecular weight excluding hydrogens is 218 g/mol. The Bertz CT molecular complexity index is 575. The van der Waals surface area contributed by atoms with Crippen LogP contribution in [0.3, 0.4) is 0 Å². The highest BCUT2D eigenvalue weighted by molar-refractivity contribution is 5.69. The van der Waals surface area contributed by atoms with Crippen LogP contribution in [0.5, 0.6) is 0 Å². The zero-order chi connectivity index (χ0) is 12.5. The van der Waals surface area contributed by atoms with E-state index < -0.39 is 0 Å². The summed E-state index contributed by atoms with van der Waals surface area (Å²) in [6.07, 6.45) is 4.78. The lowest BCUT2D eigenvalue weighted by atomic mass is 9.98. The third-order valence-electron chi connectivity index (χ3n) is 3.96. The molecule has 0 aromatic heterocycles. The fourth-order valence-corrected chi connectivity index (χ4v) is 2.84. The summed E-state index contributed by atoms with van der Waals surface area (Å²) in [5.41, 5.74) is 13.8. The predicted molar refractivity (Wildman–Crippen MR) is 77.7 cm³/mol. The second kappa shape index (κ2) is 4.49. The largest absolute Gasteiger partial charge is 0.399 e. The van der Waals surface area contributed by atoms with Gasteiger partial charge in [0.15, 0.2) is 0 Å². The molecule has 2 aromatic rings. The maximum absolute atomic E-state index is 5.97. The van der Waals surface area contributed by atoms with Crippen LogP contribution in [-0.4, -0.2) is 0 Å². The predicted octanol–water partition coefficient (Wildman–Crippen LogP) is 3.99. The number of fused-ring (bicyclic) bond motifs is 1. The smallest absolute Gasteiger partial charge is 0.0346 e. The van der Waals surface area contributed by atoms with E-state index in [9.17, 15) is 0 Å². The van der Waals surface area contributed by atoms with Crippen LogP contribution >= 0.6 is 0 Å². The van der Waals surface area contributed by atoms with Crippen molar-refractivity contribution in [2.75, 3.05) is 5.73 Å².